The Labute approximate surface area is 97.4 Å². The number of thioether (sulfide) groups is 1. The van der Waals surface area contributed by atoms with E-state index in [0.717, 1.165) is 10.5 Å². The van der Waals surface area contributed by atoms with Crippen LogP contribution in [0.3, 0.4) is 0 Å². The minimum Gasteiger partial charge on any atom is -0.369 e. The molecule has 0 aliphatic rings. The third-order valence-corrected chi connectivity index (χ3v) is 2.88. The first-order valence-corrected chi connectivity index (χ1v) is 5.71. The first-order valence-electron chi connectivity index (χ1n) is 4.10. The lowest BCUT2D eigenvalue weighted by molar-refractivity contribution is 1.00. The van der Waals surface area contributed by atoms with Gasteiger partial charge in [0.2, 0.25) is 5.96 Å². The van der Waals surface area contributed by atoms with Crippen molar-refractivity contribution in [3.05, 3.63) is 28.8 Å². The van der Waals surface area contributed by atoms with Crippen LogP contribution in [0.5, 0.6) is 0 Å². The van der Waals surface area contributed by atoms with Gasteiger partial charge in [-0.2, -0.15) is 5.10 Å². The molecule has 0 unspecified atom stereocenters. The van der Waals surface area contributed by atoms with E-state index >= 15 is 0 Å². The maximum Gasteiger partial charge on any atom is 0.206 e. The first-order chi connectivity index (χ1) is 7.15. The van der Waals surface area contributed by atoms with Gasteiger partial charge in [-0.15, -0.1) is 11.8 Å². The summed E-state index contributed by atoms with van der Waals surface area (Å²) >= 11 is 7.55. The Balaban J connectivity index is 2.89. The number of nitrogens with zero attached hydrogens (tertiary/aromatic N) is 1. The van der Waals surface area contributed by atoms with Crippen molar-refractivity contribution in [3.8, 4) is 0 Å². The maximum absolute atomic E-state index is 6.92. The predicted molar refractivity (Wildman–Crippen MR) is 65.9 cm³/mol. The average molecular weight is 243 g/mol. The Bertz CT molecular complexity index is 392. The van der Waals surface area contributed by atoms with E-state index in [0.29, 0.717) is 5.02 Å². The molecule has 0 saturated carbocycles. The highest BCUT2D eigenvalue weighted by Crippen LogP contribution is 2.27. The molecule has 0 fully saturated rings. The lowest BCUT2D eigenvalue weighted by Crippen LogP contribution is -2.25. The van der Waals surface area contributed by atoms with E-state index in [2.05, 4.69) is 10.5 Å². The molecule has 4 nitrogen and oxygen atoms in total. The third kappa shape index (κ3) is 3.45. The molecule has 6 heteroatoms. The lowest BCUT2D eigenvalue weighted by Gasteiger charge is -2.04. The van der Waals surface area contributed by atoms with Gasteiger partial charge in [-0.3, -0.25) is 5.41 Å². The van der Waals surface area contributed by atoms with Gasteiger partial charge in [-0.05, 0) is 12.3 Å². The molecule has 1 rings (SSSR count). The highest BCUT2D eigenvalue weighted by molar-refractivity contribution is 7.98. The third-order valence-electron chi connectivity index (χ3n) is 1.59. The summed E-state index contributed by atoms with van der Waals surface area (Å²) in [5.74, 6) is -0.195. The van der Waals surface area contributed by atoms with Crippen LogP contribution in [0.1, 0.15) is 5.56 Å². The summed E-state index contributed by atoms with van der Waals surface area (Å²) in [4.78, 5) is 0.952. The summed E-state index contributed by atoms with van der Waals surface area (Å²) in [7, 11) is 0. The van der Waals surface area contributed by atoms with Crippen molar-refractivity contribution in [2.45, 2.75) is 4.90 Å². The zero-order valence-electron chi connectivity index (χ0n) is 8.12. The Morgan fingerprint density at radius 2 is 2.40 bits per heavy atom. The van der Waals surface area contributed by atoms with Crippen LogP contribution < -0.4 is 11.2 Å². The Morgan fingerprint density at radius 1 is 1.67 bits per heavy atom. The van der Waals surface area contributed by atoms with Crippen LogP contribution >= 0.6 is 23.4 Å². The van der Waals surface area contributed by atoms with E-state index in [1.54, 1.807) is 18.0 Å². The second-order valence-corrected chi connectivity index (χ2v) is 3.87. The van der Waals surface area contributed by atoms with Gasteiger partial charge in [0.25, 0.3) is 0 Å². The predicted octanol–water partition coefficient (Wildman–Crippen LogP) is 1.88. The second kappa shape index (κ2) is 5.63. The van der Waals surface area contributed by atoms with Gasteiger partial charge in [0.1, 0.15) is 0 Å². The number of rotatable bonds is 3. The fraction of sp³-hybridized carbons (Fsp3) is 0.111. The number of hydrazone groups is 1. The van der Waals surface area contributed by atoms with Gasteiger partial charge in [0, 0.05) is 10.5 Å². The van der Waals surface area contributed by atoms with E-state index in [1.165, 1.54) is 0 Å². The quantitative estimate of drug-likeness (QED) is 0.328. The molecule has 0 heterocycles. The van der Waals surface area contributed by atoms with Crippen molar-refractivity contribution < 1.29 is 0 Å². The SMILES string of the molecule is CSc1c(Cl)cccc1C=NNC(=N)N. The molecule has 0 aliphatic heterocycles. The summed E-state index contributed by atoms with van der Waals surface area (Å²) in [6.45, 7) is 0. The number of guanidine groups is 1. The molecule has 0 aromatic heterocycles. The fourth-order valence-electron chi connectivity index (χ4n) is 1.01. The molecule has 1 aromatic carbocycles. The second-order valence-electron chi connectivity index (χ2n) is 2.65. The molecule has 0 saturated heterocycles. The molecule has 0 spiro atoms. The highest BCUT2D eigenvalue weighted by atomic mass is 35.5. The molecule has 15 heavy (non-hydrogen) atoms. The number of hydrogen-bond acceptors (Lipinski definition) is 3. The van der Waals surface area contributed by atoms with Crippen LogP contribution in [0.2, 0.25) is 5.02 Å². The average Bonchev–Trinajstić information content (AvgIpc) is 2.17. The minimum atomic E-state index is -0.195. The van der Waals surface area contributed by atoms with Crippen LogP contribution in [0.25, 0.3) is 0 Å². The van der Waals surface area contributed by atoms with Crippen molar-refractivity contribution in [1.82, 2.24) is 5.43 Å². The van der Waals surface area contributed by atoms with Gasteiger partial charge >= 0.3 is 0 Å². The largest absolute Gasteiger partial charge is 0.369 e. The van der Waals surface area contributed by atoms with E-state index in [9.17, 15) is 0 Å². The van der Waals surface area contributed by atoms with Crippen molar-refractivity contribution in [2.75, 3.05) is 6.26 Å². The van der Waals surface area contributed by atoms with Gasteiger partial charge in [-0.25, -0.2) is 5.43 Å². The van der Waals surface area contributed by atoms with Crippen LogP contribution in [-0.4, -0.2) is 18.4 Å². The number of halogens is 1. The number of nitrogens with one attached hydrogen (secondary N) is 2. The molecule has 4 N–H and O–H groups in total. The van der Waals surface area contributed by atoms with E-state index in [-0.39, 0.29) is 5.96 Å². The van der Waals surface area contributed by atoms with Crippen LogP contribution in [0, 0.1) is 5.41 Å². The molecule has 0 aliphatic carbocycles. The van der Waals surface area contributed by atoms with Crippen LogP contribution in [-0.2, 0) is 0 Å². The summed E-state index contributed by atoms with van der Waals surface area (Å²) < 4.78 is 0. The Hall–Kier alpha value is -1.20. The van der Waals surface area contributed by atoms with Gasteiger partial charge in [0.05, 0.1) is 11.2 Å². The normalized spacial score (nSPS) is 10.5. The smallest absolute Gasteiger partial charge is 0.206 e. The van der Waals surface area contributed by atoms with E-state index < -0.39 is 0 Å². The van der Waals surface area contributed by atoms with Crippen LogP contribution in [0.15, 0.2) is 28.2 Å². The Morgan fingerprint density at radius 3 is 3.00 bits per heavy atom. The zero-order valence-corrected chi connectivity index (χ0v) is 9.69. The number of nitrogens with two attached hydrogens (primary N) is 1. The molecule has 80 valence electrons. The minimum absolute atomic E-state index is 0.195. The molecule has 0 bridgehead atoms. The highest BCUT2D eigenvalue weighted by Gasteiger charge is 2.02. The Kier molecular flexibility index (Phi) is 4.45. The number of hydrogen-bond donors (Lipinski definition) is 3. The zero-order chi connectivity index (χ0) is 11.3. The van der Waals surface area contributed by atoms with E-state index in [1.807, 2.05) is 24.5 Å². The van der Waals surface area contributed by atoms with Crippen LogP contribution in [0.4, 0.5) is 0 Å². The number of benzene rings is 1. The van der Waals surface area contributed by atoms with Crippen molar-refractivity contribution in [3.63, 3.8) is 0 Å². The van der Waals surface area contributed by atoms with Gasteiger partial charge in [-0.1, -0.05) is 23.7 Å². The molecule has 0 atom stereocenters. The van der Waals surface area contributed by atoms with Crippen molar-refractivity contribution in [2.24, 2.45) is 10.8 Å². The lowest BCUT2D eigenvalue weighted by atomic mass is 10.2. The molecular weight excluding hydrogens is 232 g/mol. The first kappa shape index (κ1) is 11.9. The summed E-state index contributed by atoms with van der Waals surface area (Å²) in [5, 5.41) is 11.4. The summed E-state index contributed by atoms with van der Waals surface area (Å²) in [6, 6.07) is 5.56. The van der Waals surface area contributed by atoms with E-state index in [4.69, 9.17) is 22.7 Å². The van der Waals surface area contributed by atoms with Gasteiger partial charge < -0.3 is 5.73 Å². The summed E-state index contributed by atoms with van der Waals surface area (Å²) in [6.07, 6.45) is 3.52. The summed E-state index contributed by atoms with van der Waals surface area (Å²) in [5.41, 5.74) is 8.32. The van der Waals surface area contributed by atoms with Crippen molar-refractivity contribution >= 4 is 35.5 Å². The molecular formula is C9H11ClN4S. The topological polar surface area (TPSA) is 74.3 Å². The van der Waals surface area contributed by atoms with Crippen molar-refractivity contribution in [1.29, 1.82) is 5.41 Å². The van der Waals surface area contributed by atoms with Gasteiger partial charge in [0.15, 0.2) is 0 Å². The monoisotopic (exact) mass is 242 g/mol. The standard InChI is InChI=1S/C9H11ClN4S/c1-15-8-6(3-2-4-7(8)10)5-13-14-9(11)12/h2-5H,1H3,(H4,11,12,14). The molecule has 0 amide bonds. The molecule has 0 radical (unpaired) electrons. The molecule has 1 aromatic rings. The fourth-order valence-corrected chi connectivity index (χ4v) is 2.05. The maximum atomic E-state index is 6.92.